The lowest BCUT2D eigenvalue weighted by molar-refractivity contribution is 0.480. The van der Waals surface area contributed by atoms with E-state index in [1.54, 1.807) is 0 Å². The fourth-order valence-electron chi connectivity index (χ4n) is 3.03. The molecule has 1 aromatic rings. The molecule has 17 heavy (non-hydrogen) atoms. The SMILES string of the molecule is CC1CCCCN1c1nc(Cl)nc2c1CCC2. The van der Waals surface area contributed by atoms with Crippen molar-refractivity contribution >= 4 is 17.4 Å². The Labute approximate surface area is 107 Å². The van der Waals surface area contributed by atoms with Crippen molar-refractivity contribution in [3.8, 4) is 0 Å². The number of halogens is 1. The third-order valence-corrected chi connectivity index (χ3v) is 4.13. The second kappa shape index (κ2) is 4.45. The van der Waals surface area contributed by atoms with Gasteiger partial charge in [-0.1, -0.05) is 0 Å². The molecule has 1 fully saturated rings. The van der Waals surface area contributed by atoms with Crippen LogP contribution < -0.4 is 4.90 Å². The van der Waals surface area contributed by atoms with E-state index >= 15 is 0 Å². The highest BCUT2D eigenvalue weighted by Gasteiger charge is 2.26. The maximum Gasteiger partial charge on any atom is 0.224 e. The summed E-state index contributed by atoms with van der Waals surface area (Å²) in [7, 11) is 0. The van der Waals surface area contributed by atoms with Gasteiger partial charge in [-0.15, -0.1) is 0 Å². The molecule has 1 aliphatic carbocycles. The zero-order chi connectivity index (χ0) is 11.8. The average molecular weight is 252 g/mol. The van der Waals surface area contributed by atoms with E-state index in [1.807, 2.05) is 0 Å². The number of aryl methyl sites for hydroxylation is 1. The number of rotatable bonds is 1. The summed E-state index contributed by atoms with van der Waals surface area (Å²) >= 11 is 6.05. The first-order valence-corrected chi connectivity index (χ1v) is 6.95. The quantitative estimate of drug-likeness (QED) is 0.719. The van der Waals surface area contributed by atoms with Gasteiger partial charge in [-0.2, -0.15) is 0 Å². The van der Waals surface area contributed by atoms with Gasteiger partial charge >= 0.3 is 0 Å². The topological polar surface area (TPSA) is 29.0 Å². The van der Waals surface area contributed by atoms with E-state index in [2.05, 4.69) is 21.8 Å². The zero-order valence-electron chi connectivity index (χ0n) is 10.2. The molecular weight excluding hydrogens is 234 g/mol. The van der Waals surface area contributed by atoms with Crippen LogP contribution in [-0.4, -0.2) is 22.6 Å². The maximum atomic E-state index is 6.05. The van der Waals surface area contributed by atoms with Crippen LogP contribution in [0.2, 0.25) is 5.28 Å². The standard InChI is InChI=1S/C13H18ClN3/c1-9-5-2-3-8-17(9)12-10-6-4-7-11(10)15-13(14)16-12/h9H,2-8H2,1H3. The number of fused-ring (bicyclic) bond motifs is 1. The molecule has 0 N–H and O–H groups in total. The largest absolute Gasteiger partial charge is 0.354 e. The van der Waals surface area contributed by atoms with Crippen molar-refractivity contribution in [3.63, 3.8) is 0 Å². The fourth-order valence-corrected chi connectivity index (χ4v) is 3.22. The van der Waals surface area contributed by atoms with Crippen LogP contribution >= 0.6 is 11.6 Å². The molecule has 1 saturated heterocycles. The molecule has 0 spiro atoms. The van der Waals surface area contributed by atoms with E-state index in [1.165, 1.54) is 36.9 Å². The average Bonchev–Trinajstić information content (AvgIpc) is 2.76. The molecule has 2 aliphatic rings. The maximum absolute atomic E-state index is 6.05. The molecule has 0 amide bonds. The van der Waals surface area contributed by atoms with Crippen molar-refractivity contribution < 1.29 is 0 Å². The van der Waals surface area contributed by atoms with Gasteiger partial charge in [0.15, 0.2) is 0 Å². The van der Waals surface area contributed by atoms with Gasteiger partial charge in [-0.25, -0.2) is 9.97 Å². The molecule has 92 valence electrons. The molecule has 3 rings (SSSR count). The van der Waals surface area contributed by atoms with E-state index in [0.717, 1.165) is 25.2 Å². The van der Waals surface area contributed by atoms with E-state index in [0.29, 0.717) is 11.3 Å². The molecule has 1 atom stereocenters. The molecule has 0 radical (unpaired) electrons. The van der Waals surface area contributed by atoms with Crippen molar-refractivity contribution in [2.45, 2.75) is 51.5 Å². The van der Waals surface area contributed by atoms with Crippen molar-refractivity contribution in [2.75, 3.05) is 11.4 Å². The summed E-state index contributed by atoms with van der Waals surface area (Å²) in [4.78, 5) is 11.3. The van der Waals surface area contributed by atoms with Crippen LogP contribution in [0.25, 0.3) is 0 Å². The van der Waals surface area contributed by atoms with E-state index in [4.69, 9.17) is 11.6 Å². The second-order valence-corrected chi connectivity index (χ2v) is 5.47. The molecule has 1 unspecified atom stereocenters. The minimum absolute atomic E-state index is 0.415. The summed E-state index contributed by atoms with van der Waals surface area (Å²) in [6, 6.07) is 0.583. The van der Waals surface area contributed by atoms with E-state index < -0.39 is 0 Å². The molecular formula is C13H18ClN3. The molecule has 2 heterocycles. The lowest BCUT2D eigenvalue weighted by Crippen LogP contribution is -2.38. The summed E-state index contributed by atoms with van der Waals surface area (Å²) in [5.41, 5.74) is 2.53. The number of hydrogen-bond acceptors (Lipinski definition) is 3. The summed E-state index contributed by atoms with van der Waals surface area (Å²) in [6.07, 6.45) is 7.23. The minimum Gasteiger partial charge on any atom is -0.354 e. The van der Waals surface area contributed by atoms with Gasteiger partial charge in [0, 0.05) is 18.2 Å². The van der Waals surface area contributed by atoms with Crippen LogP contribution in [0.15, 0.2) is 0 Å². The van der Waals surface area contributed by atoms with Gasteiger partial charge in [0.25, 0.3) is 0 Å². The van der Waals surface area contributed by atoms with Gasteiger partial charge in [-0.05, 0) is 57.0 Å². The molecule has 3 nitrogen and oxygen atoms in total. The third-order valence-electron chi connectivity index (χ3n) is 3.96. The Morgan fingerprint density at radius 1 is 1.18 bits per heavy atom. The van der Waals surface area contributed by atoms with Crippen molar-refractivity contribution in [1.29, 1.82) is 0 Å². The number of aromatic nitrogens is 2. The Morgan fingerprint density at radius 3 is 2.88 bits per heavy atom. The first kappa shape index (κ1) is 11.3. The van der Waals surface area contributed by atoms with Gasteiger partial charge in [0.2, 0.25) is 5.28 Å². The molecule has 1 aliphatic heterocycles. The lowest BCUT2D eigenvalue weighted by Gasteiger charge is -2.35. The normalized spacial score (nSPS) is 23.9. The Kier molecular flexibility index (Phi) is 2.95. The number of anilines is 1. The van der Waals surface area contributed by atoms with Gasteiger partial charge in [-0.3, -0.25) is 0 Å². The fraction of sp³-hybridized carbons (Fsp3) is 0.692. The second-order valence-electron chi connectivity index (χ2n) is 5.13. The first-order chi connectivity index (χ1) is 8.25. The molecule has 0 aromatic carbocycles. The molecule has 0 bridgehead atoms. The van der Waals surface area contributed by atoms with Crippen molar-refractivity contribution in [1.82, 2.24) is 9.97 Å². The summed E-state index contributed by atoms with van der Waals surface area (Å²) in [5, 5.41) is 0.415. The van der Waals surface area contributed by atoms with Crippen molar-refractivity contribution in [2.24, 2.45) is 0 Å². The van der Waals surface area contributed by atoms with Gasteiger partial charge < -0.3 is 4.90 Å². The van der Waals surface area contributed by atoms with E-state index in [9.17, 15) is 0 Å². The Balaban J connectivity index is 2.01. The van der Waals surface area contributed by atoms with Gasteiger partial charge in [0.05, 0.1) is 5.69 Å². The summed E-state index contributed by atoms with van der Waals surface area (Å²) in [5.74, 6) is 1.12. The molecule has 1 aromatic heterocycles. The van der Waals surface area contributed by atoms with E-state index in [-0.39, 0.29) is 0 Å². The summed E-state index contributed by atoms with van der Waals surface area (Å²) in [6.45, 7) is 3.40. The van der Waals surface area contributed by atoms with Crippen LogP contribution in [0.3, 0.4) is 0 Å². The van der Waals surface area contributed by atoms with Crippen LogP contribution in [0.1, 0.15) is 43.9 Å². The highest BCUT2D eigenvalue weighted by Crippen LogP contribution is 2.33. The van der Waals surface area contributed by atoms with Crippen LogP contribution in [0, 0.1) is 0 Å². The first-order valence-electron chi connectivity index (χ1n) is 6.57. The van der Waals surface area contributed by atoms with Crippen LogP contribution in [-0.2, 0) is 12.8 Å². The van der Waals surface area contributed by atoms with Crippen LogP contribution in [0.4, 0.5) is 5.82 Å². The predicted molar refractivity (Wildman–Crippen MR) is 69.7 cm³/mol. The number of nitrogens with zero attached hydrogens (tertiary/aromatic N) is 3. The Hall–Kier alpha value is -0.830. The van der Waals surface area contributed by atoms with Crippen LogP contribution in [0.5, 0.6) is 0 Å². The monoisotopic (exact) mass is 251 g/mol. The molecule has 0 saturated carbocycles. The number of hydrogen-bond donors (Lipinski definition) is 0. The highest BCUT2D eigenvalue weighted by atomic mass is 35.5. The predicted octanol–water partition coefficient (Wildman–Crippen LogP) is 3.00. The molecule has 4 heteroatoms. The number of piperidine rings is 1. The zero-order valence-corrected chi connectivity index (χ0v) is 11.0. The van der Waals surface area contributed by atoms with Gasteiger partial charge in [0.1, 0.15) is 5.82 Å². The Morgan fingerprint density at radius 2 is 2.06 bits per heavy atom. The Bertz CT molecular complexity index is 433. The third kappa shape index (κ3) is 2.01. The minimum atomic E-state index is 0.415. The smallest absolute Gasteiger partial charge is 0.224 e. The summed E-state index contributed by atoms with van der Waals surface area (Å²) < 4.78 is 0. The highest BCUT2D eigenvalue weighted by molar-refractivity contribution is 6.28. The van der Waals surface area contributed by atoms with Crippen molar-refractivity contribution in [3.05, 3.63) is 16.5 Å². The lowest BCUT2D eigenvalue weighted by atomic mass is 10.0.